The molecule has 6 nitrogen and oxygen atoms in total. The van der Waals surface area contributed by atoms with Crippen LogP contribution in [-0.2, 0) is 11.2 Å². The number of carbonyl (C=O) groups is 1. The third-order valence-corrected chi connectivity index (χ3v) is 6.45. The summed E-state index contributed by atoms with van der Waals surface area (Å²) in [5.74, 6) is 2.13. The van der Waals surface area contributed by atoms with Gasteiger partial charge in [0.15, 0.2) is 5.82 Å². The minimum absolute atomic E-state index is 0.303. The van der Waals surface area contributed by atoms with Crippen molar-refractivity contribution in [1.29, 1.82) is 0 Å². The Morgan fingerprint density at radius 2 is 1.81 bits per heavy atom. The molecule has 0 unspecified atom stereocenters. The lowest BCUT2D eigenvalue weighted by atomic mass is 9.87. The lowest BCUT2D eigenvalue weighted by Gasteiger charge is -2.31. The van der Waals surface area contributed by atoms with Crippen LogP contribution in [0.25, 0.3) is 0 Å². The molecule has 2 fully saturated rings. The molecule has 0 aromatic carbocycles. The normalized spacial score (nSPS) is 24.5. The SMILES string of the molecule is CC1CCC(n2nnnc2CCCCC(=O)N(C)C2CCCCC2)CC1. The van der Waals surface area contributed by atoms with Gasteiger partial charge >= 0.3 is 0 Å². The van der Waals surface area contributed by atoms with Crippen molar-refractivity contribution in [2.45, 2.75) is 102 Å². The second kappa shape index (κ2) is 9.47. The lowest BCUT2D eigenvalue weighted by molar-refractivity contribution is -0.132. The van der Waals surface area contributed by atoms with E-state index in [1.165, 1.54) is 57.8 Å². The summed E-state index contributed by atoms with van der Waals surface area (Å²) in [4.78, 5) is 14.4. The van der Waals surface area contributed by atoms with Crippen molar-refractivity contribution in [3.05, 3.63) is 5.82 Å². The predicted octanol–water partition coefficient (Wildman–Crippen LogP) is 3.93. The zero-order valence-corrected chi connectivity index (χ0v) is 16.6. The summed E-state index contributed by atoms with van der Waals surface area (Å²) in [5, 5.41) is 12.4. The molecule has 2 aliphatic carbocycles. The van der Waals surface area contributed by atoms with Gasteiger partial charge in [-0.1, -0.05) is 26.2 Å². The molecule has 3 rings (SSSR count). The second-order valence-corrected chi connectivity index (χ2v) is 8.46. The zero-order valence-electron chi connectivity index (χ0n) is 16.6. The van der Waals surface area contributed by atoms with Gasteiger partial charge in [0.25, 0.3) is 0 Å². The van der Waals surface area contributed by atoms with Gasteiger partial charge < -0.3 is 4.90 Å². The minimum Gasteiger partial charge on any atom is -0.343 e. The fraction of sp³-hybridized carbons (Fsp3) is 0.900. The van der Waals surface area contributed by atoms with Gasteiger partial charge in [0.1, 0.15) is 0 Å². The Balaban J connectivity index is 1.40. The Labute approximate surface area is 157 Å². The van der Waals surface area contributed by atoms with Crippen LogP contribution in [0.1, 0.15) is 95.8 Å². The summed E-state index contributed by atoms with van der Waals surface area (Å²) in [6.45, 7) is 2.33. The number of carbonyl (C=O) groups excluding carboxylic acids is 1. The molecule has 0 atom stereocenters. The van der Waals surface area contributed by atoms with E-state index in [0.717, 1.165) is 31.0 Å². The van der Waals surface area contributed by atoms with E-state index in [1.54, 1.807) is 0 Å². The van der Waals surface area contributed by atoms with E-state index in [0.29, 0.717) is 24.4 Å². The highest BCUT2D eigenvalue weighted by molar-refractivity contribution is 5.76. The maximum absolute atomic E-state index is 12.4. The minimum atomic E-state index is 0.303. The van der Waals surface area contributed by atoms with Crippen LogP contribution < -0.4 is 0 Å². The van der Waals surface area contributed by atoms with Gasteiger partial charge in [-0.2, -0.15) is 0 Å². The van der Waals surface area contributed by atoms with E-state index in [4.69, 9.17) is 0 Å². The van der Waals surface area contributed by atoms with Gasteiger partial charge in [-0.25, -0.2) is 4.68 Å². The van der Waals surface area contributed by atoms with Crippen LogP contribution in [0.5, 0.6) is 0 Å². The van der Waals surface area contributed by atoms with Gasteiger partial charge in [0, 0.05) is 25.9 Å². The van der Waals surface area contributed by atoms with Crippen molar-refractivity contribution in [1.82, 2.24) is 25.1 Å². The van der Waals surface area contributed by atoms with Crippen LogP contribution in [-0.4, -0.2) is 44.1 Å². The average Bonchev–Trinajstić information content (AvgIpc) is 3.14. The van der Waals surface area contributed by atoms with E-state index in [9.17, 15) is 4.79 Å². The highest BCUT2D eigenvalue weighted by atomic mass is 16.2. The number of tetrazole rings is 1. The van der Waals surface area contributed by atoms with Crippen molar-refractivity contribution >= 4 is 5.91 Å². The summed E-state index contributed by atoms with van der Waals surface area (Å²) in [6.07, 6.45) is 14.6. The van der Waals surface area contributed by atoms with Crippen molar-refractivity contribution < 1.29 is 4.79 Å². The number of hydrogen-bond donors (Lipinski definition) is 0. The molecular formula is C20H35N5O. The maximum Gasteiger partial charge on any atom is 0.222 e. The van der Waals surface area contributed by atoms with E-state index >= 15 is 0 Å². The molecule has 0 bridgehead atoms. The monoisotopic (exact) mass is 361 g/mol. The van der Waals surface area contributed by atoms with Crippen LogP contribution in [0.4, 0.5) is 0 Å². The van der Waals surface area contributed by atoms with Crippen molar-refractivity contribution in [3.63, 3.8) is 0 Å². The molecule has 1 aromatic heterocycles. The number of aromatic nitrogens is 4. The summed E-state index contributed by atoms with van der Waals surface area (Å²) in [7, 11) is 1.99. The van der Waals surface area contributed by atoms with Crippen LogP contribution in [0.2, 0.25) is 0 Å². The van der Waals surface area contributed by atoms with Gasteiger partial charge in [0.05, 0.1) is 6.04 Å². The second-order valence-electron chi connectivity index (χ2n) is 8.46. The van der Waals surface area contributed by atoms with Gasteiger partial charge in [0.2, 0.25) is 5.91 Å². The van der Waals surface area contributed by atoms with Gasteiger partial charge in [-0.05, 0) is 67.7 Å². The van der Waals surface area contributed by atoms with Crippen LogP contribution in [0.3, 0.4) is 0 Å². The molecule has 2 saturated carbocycles. The third-order valence-electron chi connectivity index (χ3n) is 6.45. The lowest BCUT2D eigenvalue weighted by Crippen LogP contribution is -2.38. The Morgan fingerprint density at radius 3 is 2.54 bits per heavy atom. The Morgan fingerprint density at radius 1 is 1.08 bits per heavy atom. The number of nitrogens with zero attached hydrogens (tertiary/aromatic N) is 5. The third kappa shape index (κ3) is 5.04. The molecule has 0 saturated heterocycles. The van der Waals surface area contributed by atoms with E-state index in [-0.39, 0.29) is 0 Å². The molecule has 0 N–H and O–H groups in total. The first kappa shape index (κ1) is 19.3. The van der Waals surface area contributed by atoms with Gasteiger partial charge in [-0.15, -0.1) is 5.10 Å². The number of unbranched alkanes of at least 4 members (excludes halogenated alkanes) is 1. The molecule has 146 valence electrons. The number of amides is 1. The predicted molar refractivity (Wildman–Crippen MR) is 102 cm³/mol. The Hall–Kier alpha value is -1.46. The van der Waals surface area contributed by atoms with Gasteiger partial charge in [-0.3, -0.25) is 4.79 Å². The molecule has 2 aliphatic rings. The fourth-order valence-electron chi connectivity index (χ4n) is 4.56. The summed E-state index contributed by atoms with van der Waals surface area (Å²) in [6, 6.07) is 0.938. The van der Waals surface area contributed by atoms with Crippen molar-refractivity contribution in [2.75, 3.05) is 7.05 Å². The largest absolute Gasteiger partial charge is 0.343 e. The summed E-state index contributed by atoms with van der Waals surface area (Å²) >= 11 is 0. The topological polar surface area (TPSA) is 63.9 Å². The van der Waals surface area contributed by atoms with Crippen LogP contribution in [0, 0.1) is 5.92 Å². The van der Waals surface area contributed by atoms with E-state index < -0.39 is 0 Å². The zero-order chi connectivity index (χ0) is 18.4. The van der Waals surface area contributed by atoms with Crippen LogP contribution in [0.15, 0.2) is 0 Å². The molecule has 6 heteroatoms. The number of rotatable bonds is 7. The number of aryl methyl sites for hydroxylation is 1. The Kier molecular flexibility index (Phi) is 7.03. The van der Waals surface area contributed by atoms with Crippen molar-refractivity contribution in [2.24, 2.45) is 5.92 Å². The smallest absolute Gasteiger partial charge is 0.222 e. The molecule has 0 radical (unpaired) electrons. The maximum atomic E-state index is 12.4. The first-order valence-corrected chi connectivity index (χ1v) is 10.7. The standard InChI is InChI=1S/C20H35N5O/c1-16-12-14-18(15-13-16)25-19(21-22-23-25)10-6-7-11-20(26)24(2)17-8-4-3-5-9-17/h16-18H,3-15H2,1-2H3. The average molecular weight is 362 g/mol. The summed E-state index contributed by atoms with van der Waals surface area (Å²) in [5.41, 5.74) is 0. The summed E-state index contributed by atoms with van der Waals surface area (Å²) < 4.78 is 2.06. The molecule has 26 heavy (non-hydrogen) atoms. The highest BCUT2D eigenvalue weighted by Crippen LogP contribution is 2.31. The van der Waals surface area contributed by atoms with Crippen LogP contribution >= 0.6 is 0 Å². The van der Waals surface area contributed by atoms with E-state index in [2.05, 4.69) is 27.1 Å². The fourth-order valence-corrected chi connectivity index (χ4v) is 4.56. The molecular weight excluding hydrogens is 326 g/mol. The molecule has 0 spiro atoms. The molecule has 1 amide bonds. The first-order chi connectivity index (χ1) is 12.6. The molecule has 1 aromatic rings. The van der Waals surface area contributed by atoms with E-state index in [1.807, 2.05) is 11.9 Å². The number of hydrogen-bond acceptors (Lipinski definition) is 4. The van der Waals surface area contributed by atoms with Crippen molar-refractivity contribution in [3.8, 4) is 0 Å². The molecule has 1 heterocycles. The molecule has 0 aliphatic heterocycles. The Bertz CT molecular complexity index is 558. The quantitative estimate of drug-likeness (QED) is 0.690. The highest BCUT2D eigenvalue weighted by Gasteiger charge is 2.24. The first-order valence-electron chi connectivity index (χ1n) is 10.7.